The zero-order valence-corrected chi connectivity index (χ0v) is 15.4. The summed E-state index contributed by atoms with van der Waals surface area (Å²) >= 11 is 0. The van der Waals surface area contributed by atoms with Gasteiger partial charge in [0, 0.05) is 6.42 Å². The molecule has 0 unspecified atom stereocenters. The molecular formula is C22H25NO4. The zero-order chi connectivity index (χ0) is 18.9. The van der Waals surface area contributed by atoms with Gasteiger partial charge in [-0.15, -0.1) is 0 Å². The number of nitrogens with one attached hydrogen (secondary N) is 1. The van der Waals surface area contributed by atoms with E-state index in [-0.39, 0.29) is 30.9 Å². The van der Waals surface area contributed by atoms with Crippen LogP contribution < -0.4 is 10.1 Å². The molecule has 3 rings (SSSR count). The first-order valence-electron chi connectivity index (χ1n) is 9.43. The molecule has 1 aliphatic rings. The summed E-state index contributed by atoms with van der Waals surface area (Å²) in [6.07, 6.45) is 3.77. The highest BCUT2D eigenvalue weighted by Gasteiger charge is 2.21. The van der Waals surface area contributed by atoms with Gasteiger partial charge in [-0.05, 0) is 48.9 Å². The Bertz CT molecular complexity index is 760. The van der Waals surface area contributed by atoms with Crippen LogP contribution in [-0.2, 0) is 20.7 Å². The third-order valence-electron chi connectivity index (χ3n) is 4.61. The van der Waals surface area contributed by atoms with Crippen molar-refractivity contribution in [1.82, 2.24) is 5.32 Å². The van der Waals surface area contributed by atoms with Crippen molar-refractivity contribution in [1.29, 1.82) is 0 Å². The summed E-state index contributed by atoms with van der Waals surface area (Å²) in [5.41, 5.74) is 2.45. The van der Waals surface area contributed by atoms with E-state index < -0.39 is 0 Å². The molecule has 0 saturated carbocycles. The fraction of sp³-hybridized carbons (Fsp3) is 0.364. The molecule has 1 amide bonds. The van der Waals surface area contributed by atoms with Crippen LogP contribution in [0.25, 0.3) is 0 Å². The van der Waals surface area contributed by atoms with Gasteiger partial charge in [-0.1, -0.05) is 42.5 Å². The predicted octanol–water partition coefficient (Wildman–Crippen LogP) is 3.58. The van der Waals surface area contributed by atoms with E-state index in [2.05, 4.69) is 17.4 Å². The number of amides is 1. The lowest BCUT2D eigenvalue weighted by atomic mass is 9.88. The van der Waals surface area contributed by atoms with E-state index in [9.17, 15) is 9.59 Å². The van der Waals surface area contributed by atoms with E-state index in [1.807, 2.05) is 42.5 Å². The quantitative estimate of drug-likeness (QED) is 0.572. The number of hydrogen-bond acceptors (Lipinski definition) is 4. The van der Waals surface area contributed by atoms with E-state index in [0.29, 0.717) is 13.0 Å². The summed E-state index contributed by atoms with van der Waals surface area (Å²) in [7, 11) is 0. The van der Waals surface area contributed by atoms with Crippen LogP contribution in [0.4, 0.5) is 0 Å². The Balaban J connectivity index is 1.34. The minimum absolute atomic E-state index is 0.000393. The molecule has 1 N–H and O–H groups in total. The van der Waals surface area contributed by atoms with Gasteiger partial charge in [0.15, 0.2) is 6.61 Å². The lowest BCUT2D eigenvalue weighted by Gasteiger charge is -2.26. The molecule has 0 aromatic heterocycles. The molecule has 2 aromatic carbocycles. The minimum Gasteiger partial charge on any atom is -0.494 e. The molecule has 1 aliphatic carbocycles. The second-order valence-electron chi connectivity index (χ2n) is 6.64. The maximum atomic E-state index is 12.1. The number of benzene rings is 2. The Hall–Kier alpha value is -2.82. The number of aryl methyl sites for hydroxylation is 1. The molecule has 0 heterocycles. The molecule has 142 valence electrons. The largest absolute Gasteiger partial charge is 0.494 e. The maximum absolute atomic E-state index is 12.1. The molecule has 0 fully saturated rings. The summed E-state index contributed by atoms with van der Waals surface area (Å²) in [4.78, 5) is 23.9. The Kier molecular flexibility index (Phi) is 6.85. The monoisotopic (exact) mass is 367 g/mol. The Morgan fingerprint density at radius 3 is 2.67 bits per heavy atom. The lowest BCUT2D eigenvalue weighted by Crippen LogP contribution is -2.34. The molecule has 5 nitrogen and oxygen atoms in total. The van der Waals surface area contributed by atoms with Crippen molar-refractivity contribution < 1.29 is 19.1 Å². The molecule has 0 spiro atoms. The highest BCUT2D eigenvalue weighted by Crippen LogP contribution is 2.29. The van der Waals surface area contributed by atoms with Gasteiger partial charge in [0.1, 0.15) is 5.75 Å². The highest BCUT2D eigenvalue weighted by molar-refractivity contribution is 5.80. The van der Waals surface area contributed by atoms with Gasteiger partial charge in [-0.2, -0.15) is 0 Å². The van der Waals surface area contributed by atoms with E-state index in [0.717, 1.165) is 25.0 Å². The Morgan fingerprint density at radius 2 is 1.81 bits per heavy atom. The number of esters is 1. The van der Waals surface area contributed by atoms with Gasteiger partial charge in [-0.25, -0.2) is 0 Å². The van der Waals surface area contributed by atoms with E-state index in [1.165, 1.54) is 11.1 Å². The van der Waals surface area contributed by atoms with E-state index in [1.54, 1.807) is 0 Å². The van der Waals surface area contributed by atoms with Crippen molar-refractivity contribution >= 4 is 11.9 Å². The molecule has 27 heavy (non-hydrogen) atoms. The van der Waals surface area contributed by atoms with Crippen molar-refractivity contribution in [2.45, 2.75) is 38.1 Å². The first-order chi connectivity index (χ1) is 13.2. The number of carbonyl (C=O) groups is 2. The summed E-state index contributed by atoms with van der Waals surface area (Å²) in [6, 6.07) is 17.6. The fourth-order valence-corrected chi connectivity index (χ4v) is 3.28. The van der Waals surface area contributed by atoms with Crippen LogP contribution in [0.15, 0.2) is 54.6 Å². The van der Waals surface area contributed by atoms with Crippen LogP contribution in [0, 0.1) is 0 Å². The first-order valence-corrected chi connectivity index (χ1v) is 9.43. The average molecular weight is 367 g/mol. The number of ether oxygens (including phenoxy) is 2. The molecule has 5 heteroatoms. The van der Waals surface area contributed by atoms with Crippen LogP contribution in [0.1, 0.15) is 42.9 Å². The predicted molar refractivity (Wildman–Crippen MR) is 102 cm³/mol. The number of para-hydroxylation sites is 1. The van der Waals surface area contributed by atoms with Crippen molar-refractivity contribution in [3.63, 3.8) is 0 Å². The van der Waals surface area contributed by atoms with Crippen LogP contribution in [-0.4, -0.2) is 25.1 Å². The third kappa shape index (κ3) is 5.84. The highest BCUT2D eigenvalue weighted by atomic mass is 16.5. The maximum Gasteiger partial charge on any atom is 0.306 e. The number of carbonyl (C=O) groups excluding carboxylic acids is 2. The molecule has 0 radical (unpaired) electrons. The number of fused-ring (bicyclic) bond motifs is 1. The molecule has 0 saturated heterocycles. The fourth-order valence-electron chi connectivity index (χ4n) is 3.28. The van der Waals surface area contributed by atoms with Crippen molar-refractivity contribution in [3.05, 3.63) is 65.7 Å². The van der Waals surface area contributed by atoms with Crippen LogP contribution in [0.5, 0.6) is 5.75 Å². The van der Waals surface area contributed by atoms with Gasteiger partial charge in [0.2, 0.25) is 0 Å². The number of rotatable bonds is 8. The van der Waals surface area contributed by atoms with Crippen molar-refractivity contribution in [3.8, 4) is 5.75 Å². The summed E-state index contributed by atoms with van der Waals surface area (Å²) in [6.45, 7) is 0.196. The average Bonchev–Trinajstić information content (AvgIpc) is 2.71. The summed E-state index contributed by atoms with van der Waals surface area (Å²) in [5.74, 6) is 0.134. The van der Waals surface area contributed by atoms with E-state index in [4.69, 9.17) is 9.47 Å². The summed E-state index contributed by atoms with van der Waals surface area (Å²) < 4.78 is 10.6. The van der Waals surface area contributed by atoms with Gasteiger partial charge in [-0.3, -0.25) is 9.59 Å². The Labute approximate surface area is 159 Å². The minimum atomic E-state index is -0.383. The second-order valence-corrected chi connectivity index (χ2v) is 6.64. The van der Waals surface area contributed by atoms with Gasteiger partial charge in [0.25, 0.3) is 5.91 Å². The van der Waals surface area contributed by atoms with Crippen LogP contribution >= 0.6 is 0 Å². The molecule has 1 atom stereocenters. The zero-order valence-electron chi connectivity index (χ0n) is 15.4. The molecule has 0 aliphatic heterocycles. The normalized spacial score (nSPS) is 15.5. The standard InChI is InChI=1S/C22H25NO4/c24-21(23-20-13-6-9-17-8-4-5-12-19(17)20)16-27-22(25)14-7-15-26-18-10-2-1-3-11-18/h1-5,8,10-12,20H,6-7,9,13-16H2,(H,23,24)/t20-/m0/s1. The van der Waals surface area contributed by atoms with E-state index >= 15 is 0 Å². The van der Waals surface area contributed by atoms with Crippen molar-refractivity contribution in [2.75, 3.05) is 13.2 Å². The smallest absolute Gasteiger partial charge is 0.306 e. The first kappa shape index (κ1) is 19.0. The van der Waals surface area contributed by atoms with Crippen LogP contribution in [0.3, 0.4) is 0 Å². The molecule has 0 bridgehead atoms. The summed E-state index contributed by atoms with van der Waals surface area (Å²) in [5, 5.41) is 2.98. The second kappa shape index (κ2) is 9.76. The SMILES string of the molecule is O=C(COC(=O)CCCOc1ccccc1)N[C@H]1CCCc2ccccc21. The van der Waals surface area contributed by atoms with Gasteiger partial charge < -0.3 is 14.8 Å². The topological polar surface area (TPSA) is 64.6 Å². The molecule has 2 aromatic rings. The Morgan fingerprint density at radius 1 is 1.04 bits per heavy atom. The van der Waals surface area contributed by atoms with Gasteiger partial charge >= 0.3 is 5.97 Å². The van der Waals surface area contributed by atoms with Crippen molar-refractivity contribution in [2.24, 2.45) is 0 Å². The molecular weight excluding hydrogens is 342 g/mol. The third-order valence-corrected chi connectivity index (χ3v) is 4.61. The van der Waals surface area contributed by atoms with Gasteiger partial charge in [0.05, 0.1) is 12.6 Å². The lowest BCUT2D eigenvalue weighted by molar-refractivity contribution is -0.149. The van der Waals surface area contributed by atoms with Crippen LogP contribution in [0.2, 0.25) is 0 Å². The number of hydrogen-bond donors (Lipinski definition) is 1.